The second-order valence-corrected chi connectivity index (χ2v) is 13.3. The number of carbonyl (C=O) groups excluding carboxylic acids is 1. The molecule has 2 unspecified atom stereocenters. The van der Waals surface area contributed by atoms with Crippen molar-refractivity contribution < 1.29 is 61.2 Å². The standard InChI is InChI=1S/C37H35F6N5O2.C4H6O6/c1-3-46(4-2)20-21-47(22-24-7-9-25(10-8-24)26-11-15-28(16-12-26)37(41,42)43)32(49)23-48-31(45-36(50)29-6-5-19-44-35(29)48)18-14-27-13-17-30(38)34(40)33(27)39;5-1(3(7)8)2(6)4(9)10/h5-13,15-17,19H,3-4,14,18,20-23H2,1-2H3;1-2,5-6H,(H,7,8)(H,9,10). The molecule has 60 heavy (non-hydrogen) atoms. The van der Waals surface area contributed by atoms with E-state index in [0.717, 1.165) is 42.9 Å². The lowest BCUT2D eigenvalue weighted by molar-refractivity contribution is -0.165. The maximum Gasteiger partial charge on any atom is 0.416 e. The van der Waals surface area contributed by atoms with Crippen molar-refractivity contribution in [2.24, 2.45) is 0 Å². The topological polar surface area (TPSA) is 186 Å². The predicted molar refractivity (Wildman–Crippen MR) is 205 cm³/mol. The highest BCUT2D eigenvalue weighted by Crippen LogP contribution is 2.31. The number of aliphatic hydroxyl groups excluding tert-OH is 2. The van der Waals surface area contributed by atoms with Gasteiger partial charge in [-0.15, -0.1) is 0 Å². The molecule has 19 heteroatoms. The second-order valence-electron chi connectivity index (χ2n) is 13.3. The van der Waals surface area contributed by atoms with Crippen LogP contribution in [0.15, 0.2) is 83.8 Å². The number of pyridine rings is 1. The number of fused-ring (bicyclic) bond motifs is 1. The van der Waals surface area contributed by atoms with E-state index in [1.54, 1.807) is 23.1 Å². The third-order valence-electron chi connectivity index (χ3n) is 9.45. The minimum absolute atomic E-state index is 0.0676. The molecule has 0 radical (unpaired) electrons. The van der Waals surface area contributed by atoms with Gasteiger partial charge in [-0.25, -0.2) is 27.7 Å². The Morgan fingerprint density at radius 2 is 1.37 bits per heavy atom. The van der Waals surface area contributed by atoms with Crippen LogP contribution < -0.4 is 5.56 Å². The van der Waals surface area contributed by atoms with Gasteiger partial charge in [-0.3, -0.25) is 9.59 Å². The summed E-state index contributed by atoms with van der Waals surface area (Å²) in [6.45, 7) is 6.44. The lowest BCUT2D eigenvalue weighted by Crippen LogP contribution is -2.40. The quantitative estimate of drug-likeness (QED) is 0.0780. The molecule has 0 aliphatic heterocycles. The van der Waals surface area contributed by atoms with Crippen LogP contribution in [-0.4, -0.2) is 101 Å². The molecule has 0 bridgehead atoms. The number of aliphatic hydroxyl groups is 2. The van der Waals surface area contributed by atoms with Crippen molar-refractivity contribution in [1.29, 1.82) is 0 Å². The van der Waals surface area contributed by atoms with E-state index < -0.39 is 58.9 Å². The molecule has 5 aromatic rings. The average molecular weight is 846 g/mol. The highest BCUT2D eigenvalue weighted by molar-refractivity contribution is 5.83. The largest absolute Gasteiger partial charge is 0.479 e. The average Bonchev–Trinajstić information content (AvgIpc) is 3.23. The van der Waals surface area contributed by atoms with Crippen LogP contribution in [0.4, 0.5) is 26.3 Å². The monoisotopic (exact) mass is 845 g/mol. The molecule has 0 saturated heterocycles. The number of nitrogens with zero attached hydrogens (tertiary/aromatic N) is 5. The maximum atomic E-state index is 14.5. The highest BCUT2D eigenvalue weighted by Gasteiger charge is 2.30. The molecule has 320 valence electrons. The fourth-order valence-electron chi connectivity index (χ4n) is 5.98. The number of aliphatic carboxylic acids is 2. The molecule has 5 rings (SSSR count). The number of halogens is 6. The zero-order valence-electron chi connectivity index (χ0n) is 32.2. The number of hydrogen-bond donors (Lipinski definition) is 4. The molecule has 0 spiro atoms. The van der Waals surface area contributed by atoms with E-state index in [4.69, 9.17) is 20.4 Å². The van der Waals surface area contributed by atoms with Crippen LogP contribution in [0.3, 0.4) is 0 Å². The molecule has 1 amide bonds. The fourth-order valence-corrected chi connectivity index (χ4v) is 5.98. The summed E-state index contributed by atoms with van der Waals surface area (Å²) in [4.78, 5) is 58.9. The van der Waals surface area contributed by atoms with Crippen LogP contribution in [0.5, 0.6) is 0 Å². The summed E-state index contributed by atoms with van der Waals surface area (Å²) in [6, 6.07) is 17.1. The SMILES string of the molecule is CCN(CC)CCN(Cc1ccc(-c2ccc(C(F)(F)F)cc2)cc1)C(=O)Cn1c(CCc2ccc(F)c(F)c2F)nc(=O)c2cccnc21.O=C(O)C(O)C(O)C(=O)O. The Morgan fingerprint density at radius 3 is 1.92 bits per heavy atom. The number of aromatic nitrogens is 3. The van der Waals surface area contributed by atoms with Crippen LogP contribution in [0.25, 0.3) is 22.2 Å². The van der Waals surface area contributed by atoms with Crippen LogP contribution >= 0.6 is 0 Å². The summed E-state index contributed by atoms with van der Waals surface area (Å²) in [5.41, 5.74) is 0.861. The third-order valence-corrected chi connectivity index (χ3v) is 9.45. The Balaban J connectivity index is 0.000000703. The molecular formula is C41H41F6N5O8. The Kier molecular flexibility index (Phi) is 16.0. The Bertz CT molecular complexity index is 2320. The summed E-state index contributed by atoms with van der Waals surface area (Å²) in [7, 11) is 0. The molecule has 2 heterocycles. The van der Waals surface area contributed by atoms with E-state index in [1.165, 1.54) is 29.0 Å². The molecule has 2 atom stereocenters. The van der Waals surface area contributed by atoms with Crippen molar-refractivity contribution in [3.05, 3.63) is 129 Å². The second kappa shape index (κ2) is 20.7. The summed E-state index contributed by atoms with van der Waals surface area (Å²) < 4.78 is 82.5. The van der Waals surface area contributed by atoms with Crippen molar-refractivity contribution in [1.82, 2.24) is 24.3 Å². The zero-order valence-corrected chi connectivity index (χ0v) is 32.2. The molecule has 0 saturated carbocycles. The van der Waals surface area contributed by atoms with Crippen LogP contribution in [0.2, 0.25) is 0 Å². The lowest BCUT2D eigenvalue weighted by atomic mass is 10.0. The number of amides is 1. The van der Waals surface area contributed by atoms with Gasteiger partial charge in [-0.2, -0.15) is 18.2 Å². The smallest absolute Gasteiger partial charge is 0.416 e. The van der Waals surface area contributed by atoms with E-state index in [9.17, 15) is 45.5 Å². The molecule has 2 aromatic heterocycles. The van der Waals surface area contributed by atoms with Gasteiger partial charge in [0, 0.05) is 32.3 Å². The number of alkyl halides is 3. The van der Waals surface area contributed by atoms with Crippen molar-refractivity contribution >= 4 is 28.9 Å². The number of hydrogen-bond acceptors (Lipinski definition) is 9. The lowest BCUT2D eigenvalue weighted by Gasteiger charge is -2.27. The van der Waals surface area contributed by atoms with E-state index in [2.05, 4.69) is 14.9 Å². The van der Waals surface area contributed by atoms with Crippen molar-refractivity contribution in [2.75, 3.05) is 26.2 Å². The minimum Gasteiger partial charge on any atom is -0.479 e. The van der Waals surface area contributed by atoms with Gasteiger partial charge in [-0.1, -0.05) is 56.3 Å². The third kappa shape index (κ3) is 12.0. The molecular weight excluding hydrogens is 804 g/mol. The van der Waals surface area contributed by atoms with Gasteiger partial charge in [-0.05, 0) is 72.1 Å². The van der Waals surface area contributed by atoms with Gasteiger partial charge in [0.25, 0.3) is 5.56 Å². The summed E-state index contributed by atoms with van der Waals surface area (Å²) in [5.74, 6) is -7.98. The molecule has 13 nitrogen and oxygen atoms in total. The molecule has 4 N–H and O–H groups in total. The number of carboxylic acid groups (broad SMARTS) is 2. The Morgan fingerprint density at radius 1 is 0.783 bits per heavy atom. The first kappa shape index (κ1) is 46.5. The highest BCUT2D eigenvalue weighted by atomic mass is 19.4. The Hall–Kier alpha value is -6.18. The number of carbonyl (C=O) groups is 3. The van der Waals surface area contributed by atoms with Crippen LogP contribution in [-0.2, 0) is 46.5 Å². The predicted octanol–water partition coefficient (Wildman–Crippen LogP) is 4.93. The molecule has 0 fully saturated rings. The first-order chi connectivity index (χ1) is 28.4. The zero-order chi connectivity index (χ0) is 44.3. The fraction of sp³-hybridized carbons (Fsp3) is 0.317. The maximum absolute atomic E-state index is 14.5. The van der Waals surface area contributed by atoms with Gasteiger partial charge in [0.15, 0.2) is 29.7 Å². The summed E-state index contributed by atoms with van der Waals surface area (Å²) >= 11 is 0. The molecule has 0 aliphatic carbocycles. The number of carboxylic acids is 2. The van der Waals surface area contributed by atoms with Gasteiger partial charge in [0.1, 0.15) is 18.0 Å². The number of benzene rings is 3. The Labute approximate surface area is 338 Å². The van der Waals surface area contributed by atoms with Gasteiger partial charge in [0.05, 0.1) is 10.9 Å². The van der Waals surface area contributed by atoms with Crippen LogP contribution in [0, 0.1) is 17.5 Å². The summed E-state index contributed by atoms with van der Waals surface area (Å²) in [5, 5.41) is 32.7. The van der Waals surface area contributed by atoms with Crippen LogP contribution in [0.1, 0.15) is 36.4 Å². The number of likely N-dealkylation sites (N-methyl/N-ethyl adjacent to an activating group) is 1. The van der Waals surface area contributed by atoms with Gasteiger partial charge < -0.3 is 34.8 Å². The molecule has 3 aromatic carbocycles. The van der Waals surface area contributed by atoms with E-state index >= 15 is 0 Å². The van der Waals surface area contributed by atoms with Crippen molar-refractivity contribution in [3.8, 4) is 11.1 Å². The van der Waals surface area contributed by atoms with Gasteiger partial charge in [0.2, 0.25) is 5.91 Å². The number of rotatable bonds is 16. The van der Waals surface area contributed by atoms with E-state index in [1.807, 2.05) is 26.0 Å². The minimum atomic E-state index is -4.43. The summed E-state index contributed by atoms with van der Waals surface area (Å²) in [6.07, 6.45) is -7.69. The van der Waals surface area contributed by atoms with E-state index in [-0.39, 0.29) is 54.3 Å². The van der Waals surface area contributed by atoms with Gasteiger partial charge >= 0.3 is 18.1 Å². The van der Waals surface area contributed by atoms with E-state index in [0.29, 0.717) is 24.2 Å². The van der Waals surface area contributed by atoms with Crippen molar-refractivity contribution in [2.45, 2.75) is 58.2 Å². The number of aryl methyl sites for hydroxylation is 2. The first-order valence-electron chi connectivity index (χ1n) is 18.4. The normalized spacial score (nSPS) is 12.4. The first-order valence-corrected chi connectivity index (χ1v) is 18.4. The molecule has 0 aliphatic rings. The van der Waals surface area contributed by atoms with Crippen molar-refractivity contribution in [3.63, 3.8) is 0 Å².